The van der Waals surface area contributed by atoms with E-state index in [1.807, 2.05) is 36.4 Å². The second-order valence-corrected chi connectivity index (χ2v) is 13.0. The van der Waals surface area contributed by atoms with Gasteiger partial charge in [0.25, 0.3) is 0 Å². The first-order chi connectivity index (χ1) is 24.0. The summed E-state index contributed by atoms with van der Waals surface area (Å²) in [6.07, 6.45) is -5.04. The number of aliphatic hydroxyl groups excluding tert-OH is 1. The first-order valence-corrected chi connectivity index (χ1v) is 16.7. The number of halogens is 3. The Morgan fingerprint density at radius 3 is 2.24 bits per heavy atom. The summed E-state index contributed by atoms with van der Waals surface area (Å²) in [6.45, 7) is 4.10. The van der Waals surface area contributed by atoms with Gasteiger partial charge in [0.05, 0.1) is 33.0 Å². The van der Waals surface area contributed by atoms with Gasteiger partial charge in [-0.3, -0.25) is 14.5 Å². The Morgan fingerprint density at radius 1 is 0.940 bits per heavy atom. The largest absolute Gasteiger partial charge is 0.493 e. The third-order valence-corrected chi connectivity index (χ3v) is 9.87. The van der Waals surface area contributed by atoms with Crippen molar-refractivity contribution in [3.63, 3.8) is 0 Å². The molecule has 6 rings (SSSR count). The third kappa shape index (κ3) is 7.60. The predicted octanol–water partition coefficient (Wildman–Crippen LogP) is 5.54. The Morgan fingerprint density at radius 2 is 1.60 bits per heavy atom. The Hall–Kier alpha value is -4.17. The van der Waals surface area contributed by atoms with Gasteiger partial charge in [-0.05, 0) is 65.8 Å². The highest BCUT2D eigenvalue weighted by Gasteiger charge is 2.47. The number of alkyl halides is 3. The second kappa shape index (κ2) is 15.0. The first kappa shape index (κ1) is 35.6. The lowest BCUT2D eigenvalue weighted by Gasteiger charge is -2.43. The van der Waals surface area contributed by atoms with Crippen LogP contribution in [-0.2, 0) is 38.6 Å². The molecule has 0 aliphatic carbocycles. The van der Waals surface area contributed by atoms with E-state index in [0.717, 1.165) is 24.1 Å². The highest BCUT2D eigenvalue weighted by Crippen LogP contribution is 2.43. The third-order valence-electron chi connectivity index (χ3n) is 9.87. The van der Waals surface area contributed by atoms with E-state index in [1.165, 1.54) is 11.1 Å². The van der Waals surface area contributed by atoms with Gasteiger partial charge in [0.2, 0.25) is 5.91 Å². The zero-order chi connectivity index (χ0) is 35.6. The minimum Gasteiger partial charge on any atom is -0.493 e. The minimum atomic E-state index is -5.04. The number of likely N-dealkylation sites (tertiary alicyclic amines) is 1. The van der Waals surface area contributed by atoms with Crippen molar-refractivity contribution in [3.8, 4) is 11.5 Å². The Balaban J connectivity index is 1.19. The number of ether oxygens (including phenoxy) is 4. The number of rotatable bonds is 9. The molecule has 3 aliphatic heterocycles. The van der Waals surface area contributed by atoms with Crippen molar-refractivity contribution in [2.75, 3.05) is 39.2 Å². The molecule has 0 bridgehead atoms. The Labute approximate surface area is 289 Å². The minimum absolute atomic E-state index is 0.0367. The molecular weight excluding hydrogens is 655 g/mol. The van der Waals surface area contributed by atoms with Crippen LogP contribution in [0.3, 0.4) is 0 Å². The molecule has 2 amide bonds. The van der Waals surface area contributed by atoms with Gasteiger partial charge in [-0.15, -0.1) is 0 Å². The second-order valence-electron chi connectivity index (χ2n) is 13.0. The Kier molecular flexibility index (Phi) is 10.7. The van der Waals surface area contributed by atoms with Gasteiger partial charge in [-0.2, -0.15) is 13.2 Å². The van der Waals surface area contributed by atoms with Crippen LogP contribution in [0.5, 0.6) is 11.5 Å². The first-order valence-electron chi connectivity index (χ1n) is 16.7. The monoisotopic (exact) mass is 697 g/mol. The molecule has 0 radical (unpaired) electrons. The number of carbonyl (C=O) groups excluding carboxylic acids is 2. The van der Waals surface area contributed by atoms with Crippen LogP contribution in [-0.4, -0.2) is 78.9 Å². The fourth-order valence-electron chi connectivity index (χ4n) is 7.07. The molecule has 0 saturated carbocycles. The van der Waals surface area contributed by atoms with E-state index in [-0.39, 0.29) is 37.7 Å². The Bertz CT molecular complexity index is 1670. The van der Waals surface area contributed by atoms with E-state index in [0.29, 0.717) is 47.2 Å². The number of benzene rings is 3. The van der Waals surface area contributed by atoms with Crippen molar-refractivity contribution in [1.29, 1.82) is 0 Å². The molecule has 3 heterocycles. The van der Waals surface area contributed by atoms with Crippen molar-refractivity contribution in [2.24, 2.45) is 5.92 Å². The van der Waals surface area contributed by atoms with Gasteiger partial charge in [-0.1, -0.05) is 43.3 Å². The molecule has 13 heteroatoms. The topological polar surface area (TPSA) is 110 Å². The lowest BCUT2D eigenvalue weighted by atomic mass is 9.89. The summed E-state index contributed by atoms with van der Waals surface area (Å²) in [5, 5.41) is 12.2. The summed E-state index contributed by atoms with van der Waals surface area (Å²) in [4.78, 5) is 27.8. The highest BCUT2D eigenvalue weighted by molar-refractivity contribution is 5.98. The quantitative estimate of drug-likeness (QED) is 0.300. The van der Waals surface area contributed by atoms with Crippen LogP contribution in [0.1, 0.15) is 60.0 Å². The number of carbonyl (C=O) groups is 2. The van der Waals surface area contributed by atoms with Gasteiger partial charge in [-0.25, -0.2) is 0 Å². The summed E-state index contributed by atoms with van der Waals surface area (Å²) in [5.41, 5.74) is 5.21. The fourth-order valence-corrected chi connectivity index (χ4v) is 7.07. The molecule has 5 atom stereocenters. The number of hydrogen-bond donors (Lipinski definition) is 2. The summed E-state index contributed by atoms with van der Waals surface area (Å²) >= 11 is 0. The van der Waals surface area contributed by atoms with Gasteiger partial charge in [0.1, 0.15) is 6.04 Å². The average molecular weight is 698 g/mol. The van der Waals surface area contributed by atoms with Gasteiger partial charge in [0.15, 0.2) is 17.8 Å². The van der Waals surface area contributed by atoms with Gasteiger partial charge in [0, 0.05) is 43.3 Å². The molecule has 0 spiro atoms. The van der Waals surface area contributed by atoms with Crippen LogP contribution < -0.4 is 14.8 Å². The van der Waals surface area contributed by atoms with Crippen LogP contribution >= 0.6 is 0 Å². The molecule has 3 aliphatic rings. The smallest absolute Gasteiger partial charge is 0.471 e. The maximum atomic E-state index is 13.1. The van der Waals surface area contributed by atoms with Crippen LogP contribution in [0.15, 0.2) is 60.7 Å². The zero-order valence-corrected chi connectivity index (χ0v) is 28.2. The van der Waals surface area contributed by atoms with Crippen molar-refractivity contribution in [3.05, 3.63) is 88.5 Å². The number of amides is 2. The average Bonchev–Trinajstić information content (AvgIpc) is 3.62. The van der Waals surface area contributed by atoms with Crippen LogP contribution in [0, 0.1) is 5.92 Å². The van der Waals surface area contributed by atoms with E-state index in [9.17, 15) is 27.9 Å². The van der Waals surface area contributed by atoms with E-state index in [2.05, 4.69) is 17.1 Å². The lowest BCUT2D eigenvalue weighted by Crippen LogP contribution is -2.48. The summed E-state index contributed by atoms with van der Waals surface area (Å²) < 4.78 is 63.5. The van der Waals surface area contributed by atoms with Crippen molar-refractivity contribution in [1.82, 2.24) is 9.80 Å². The zero-order valence-electron chi connectivity index (χ0n) is 28.2. The summed E-state index contributed by atoms with van der Waals surface area (Å²) in [5.74, 6) is -1.31. The molecule has 0 aromatic heterocycles. The van der Waals surface area contributed by atoms with Crippen molar-refractivity contribution >= 4 is 17.5 Å². The number of nitrogens with one attached hydrogen (secondary N) is 1. The molecule has 10 nitrogen and oxygen atoms in total. The van der Waals surface area contributed by atoms with E-state index < -0.39 is 30.3 Å². The van der Waals surface area contributed by atoms with E-state index in [1.54, 1.807) is 38.5 Å². The molecule has 0 unspecified atom stereocenters. The number of anilines is 1. The van der Waals surface area contributed by atoms with Crippen molar-refractivity contribution in [2.45, 2.75) is 70.1 Å². The number of methoxy groups -OCH3 is 2. The van der Waals surface area contributed by atoms with Gasteiger partial charge < -0.3 is 34.3 Å². The molecule has 268 valence electrons. The van der Waals surface area contributed by atoms with Gasteiger partial charge >= 0.3 is 12.1 Å². The lowest BCUT2D eigenvalue weighted by molar-refractivity contribution is -0.276. The number of aliphatic hydroxyl groups is 1. The maximum absolute atomic E-state index is 13.1. The molecule has 3 aromatic rings. The standard InChI is InChI=1S/C37H42F3N3O7/c1-22-32(20-42-16-14-26-17-30(47-2)31(48-3)18-27(26)19-42)49-35(50-33(22)24-8-6-23(21-44)7-9-24)25-10-12-28(13-11-25)41-34(45)29-5-4-15-43(29)36(46)37(38,39)40/h6-13,17-18,22,29,32-33,35,44H,4-5,14-16,19-21H2,1-3H3,(H,41,45)/t22-,29+,32+,33+,35+/m1/s1. The number of fused-ring (bicyclic) bond motifs is 1. The summed E-state index contributed by atoms with van der Waals surface area (Å²) in [7, 11) is 3.26. The molecular formula is C37H42F3N3O7. The van der Waals surface area contributed by atoms with E-state index >= 15 is 0 Å². The van der Waals surface area contributed by atoms with Crippen LogP contribution in [0.4, 0.5) is 18.9 Å². The molecule has 2 N–H and O–H groups in total. The molecule has 2 saturated heterocycles. The highest BCUT2D eigenvalue weighted by atomic mass is 19.4. The maximum Gasteiger partial charge on any atom is 0.471 e. The fraction of sp³-hybridized carbons (Fsp3) is 0.459. The number of nitrogens with zero attached hydrogens (tertiary/aromatic N) is 2. The molecule has 3 aromatic carbocycles. The number of hydrogen-bond acceptors (Lipinski definition) is 8. The summed E-state index contributed by atoms with van der Waals surface area (Å²) in [6, 6.07) is 17.3. The predicted molar refractivity (Wildman–Crippen MR) is 177 cm³/mol. The van der Waals surface area contributed by atoms with Crippen LogP contribution in [0.2, 0.25) is 0 Å². The molecule has 2 fully saturated rings. The van der Waals surface area contributed by atoms with Crippen molar-refractivity contribution < 1.29 is 46.8 Å². The SMILES string of the molecule is COc1cc2c(cc1OC)CN(C[C@@H]1O[C@H](c3ccc(NC(=O)[C@@H]4CCCN4C(=O)C(F)(F)F)cc3)O[C@H](c3ccc(CO)cc3)[C@@H]1C)CC2. The normalized spacial score (nSPS) is 24.1. The van der Waals surface area contributed by atoms with Crippen LogP contribution in [0.25, 0.3) is 0 Å². The molecule has 50 heavy (non-hydrogen) atoms. The van der Waals surface area contributed by atoms with E-state index in [4.69, 9.17) is 18.9 Å².